The lowest BCUT2D eigenvalue weighted by molar-refractivity contribution is -0.0625. The molecule has 3 aromatic heterocycles. The van der Waals surface area contributed by atoms with E-state index in [9.17, 15) is 29.2 Å². The van der Waals surface area contributed by atoms with Crippen LogP contribution >= 0.6 is 18.2 Å². The summed E-state index contributed by atoms with van der Waals surface area (Å²) in [6.07, 6.45) is -4.83. The Balaban J connectivity index is 1.34. The number of nitrogens with one attached hydrogen (secondary N) is 1. The van der Waals surface area contributed by atoms with Gasteiger partial charge in [-0.05, 0) is 19.9 Å². The third-order valence-electron chi connectivity index (χ3n) is 7.24. The molecule has 19 nitrogen and oxygen atoms in total. The van der Waals surface area contributed by atoms with Crippen molar-refractivity contribution in [3.05, 3.63) is 51.7 Å². The van der Waals surface area contributed by atoms with Gasteiger partial charge in [-0.15, -0.1) is 0 Å². The maximum atomic E-state index is 14.2. The Morgan fingerprint density at radius 1 is 1.21 bits per heavy atom. The van der Waals surface area contributed by atoms with Crippen molar-refractivity contribution in [1.82, 2.24) is 24.1 Å². The average molecular weight is 703 g/mol. The number of methoxy groups -OCH3 is 1. The molecule has 0 saturated carbocycles. The first-order chi connectivity index (χ1) is 22.4. The largest absolute Gasteiger partial charge is 0.509 e. The van der Waals surface area contributed by atoms with Gasteiger partial charge in [0.1, 0.15) is 36.2 Å². The number of rotatable bonds is 13. The van der Waals surface area contributed by atoms with Crippen LogP contribution in [0.2, 0.25) is 0 Å². The van der Waals surface area contributed by atoms with Gasteiger partial charge in [0, 0.05) is 43.4 Å². The highest BCUT2D eigenvalue weighted by Crippen LogP contribution is 2.63. The molecule has 0 radical (unpaired) electrons. The first kappa shape index (κ1) is 35.0. The number of nitrogens with two attached hydrogens (primary N) is 1. The Hall–Kier alpha value is -3.33. The number of anilines is 1. The molecule has 5 N–H and O–H groups in total. The number of aliphatic hydroxyl groups is 2. The summed E-state index contributed by atoms with van der Waals surface area (Å²) in [6.45, 7) is -2.23. The Kier molecular flexibility index (Phi) is 11.0. The maximum Gasteiger partial charge on any atom is 0.509 e. The molecule has 2 unspecified atom stereocenters. The SMILES string of the molecule is COC1[C@@H](OP(=O)(OC[C@H]2O[C@@H](n3cnc4c(N)ccnc43)C[C@H]2O)SCOC(=O)OC(C)C)[C@@H](CO)O[C@H]1n1ccc(=O)[nH]c1=O. The molecule has 0 spiro atoms. The molecule has 258 valence electrons. The first-order valence-corrected chi connectivity index (χ1v) is 17.5. The minimum Gasteiger partial charge on any atom is -0.432 e. The number of nitrogen functional groups attached to an aromatic ring is 1. The van der Waals surface area contributed by atoms with Crippen LogP contribution in [0.3, 0.4) is 0 Å². The highest BCUT2D eigenvalue weighted by molar-refractivity contribution is 8.55. The molecule has 47 heavy (non-hydrogen) atoms. The summed E-state index contributed by atoms with van der Waals surface area (Å²) in [5.41, 5.74) is 5.84. The number of carbonyl (C=O) groups is 1. The van der Waals surface area contributed by atoms with Gasteiger partial charge in [0.25, 0.3) is 5.56 Å². The maximum absolute atomic E-state index is 14.2. The Labute approximate surface area is 270 Å². The number of hydrogen-bond donors (Lipinski definition) is 4. The lowest BCUT2D eigenvalue weighted by Gasteiger charge is -2.28. The second kappa shape index (κ2) is 14.8. The van der Waals surface area contributed by atoms with E-state index in [2.05, 4.69) is 15.0 Å². The highest BCUT2D eigenvalue weighted by atomic mass is 32.7. The van der Waals surface area contributed by atoms with E-state index in [1.165, 1.54) is 25.8 Å². The molecule has 0 aliphatic carbocycles. The number of nitrogens with zero attached hydrogens (tertiary/aromatic N) is 4. The fourth-order valence-corrected chi connectivity index (χ4v) is 7.85. The highest BCUT2D eigenvalue weighted by Gasteiger charge is 2.51. The number of ether oxygens (including phenoxy) is 5. The number of H-pyrrole nitrogens is 1. The summed E-state index contributed by atoms with van der Waals surface area (Å²) in [5.74, 6) is -0.536. The molecule has 0 aromatic carbocycles. The molecule has 2 aliphatic heterocycles. The predicted molar refractivity (Wildman–Crippen MR) is 163 cm³/mol. The van der Waals surface area contributed by atoms with Gasteiger partial charge < -0.3 is 39.6 Å². The van der Waals surface area contributed by atoms with Gasteiger partial charge in [0.2, 0.25) is 0 Å². The van der Waals surface area contributed by atoms with Gasteiger partial charge in [0.05, 0.1) is 37.4 Å². The average Bonchev–Trinajstić information content (AvgIpc) is 3.71. The third kappa shape index (κ3) is 7.87. The minimum absolute atomic E-state index is 0.114. The number of hydrogen-bond acceptors (Lipinski definition) is 17. The van der Waals surface area contributed by atoms with E-state index >= 15 is 0 Å². The van der Waals surface area contributed by atoms with Crippen molar-refractivity contribution in [3.63, 3.8) is 0 Å². The molecule has 8 atom stereocenters. The van der Waals surface area contributed by atoms with Crippen LogP contribution in [0, 0.1) is 0 Å². The summed E-state index contributed by atoms with van der Waals surface area (Å²) >= 11 is 0.483. The molecular weight excluding hydrogens is 667 g/mol. The fraction of sp³-hybridized carbons (Fsp3) is 0.577. The van der Waals surface area contributed by atoms with Gasteiger partial charge in [-0.25, -0.2) is 24.1 Å². The minimum atomic E-state index is -4.37. The molecule has 0 bridgehead atoms. The second-order valence-corrected chi connectivity index (χ2v) is 14.7. The van der Waals surface area contributed by atoms with E-state index in [1.807, 2.05) is 0 Å². The summed E-state index contributed by atoms with van der Waals surface area (Å²) in [6, 6.07) is 2.70. The van der Waals surface area contributed by atoms with Gasteiger partial charge >= 0.3 is 18.6 Å². The Morgan fingerprint density at radius 2 is 2.00 bits per heavy atom. The second-order valence-electron chi connectivity index (χ2n) is 10.7. The van der Waals surface area contributed by atoms with Crippen LogP contribution < -0.4 is 17.0 Å². The number of imidazole rings is 1. The smallest absolute Gasteiger partial charge is 0.432 e. The monoisotopic (exact) mass is 702 g/mol. The number of aromatic nitrogens is 5. The molecular formula is C26H35N6O13PS. The molecule has 5 heterocycles. The topological polar surface area (TPSA) is 251 Å². The van der Waals surface area contributed by atoms with Crippen molar-refractivity contribution in [3.8, 4) is 0 Å². The zero-order chi connectivity index (χ0) is 33.9. The fourth-order valence-electron chi connectivity index (χ4n) is 5.06. The molecule has 2 fully saturated rings. The lowest BCUT2D eigenvalue weighted by Crippen LogP contribution is -2.39. The third-order valence-corrected chi connectivity index (χ3v) is 10.6. The van der Waals surface area contributed by atoms with E-state index in [4.69, 9.17) is 38.5 Å². The van der Waals surface area contributed by atoms with Crippen LogP contribution in [-0.2, 0) is 37.3 Å². The van der Waals surface area contributed by atoms with Crippen molar-refractivity contribution < 1.29 is 52.3 Å². The quantitative estimate of drug-likeness (QED) is 0.110. The van der Waals surface area contributed by atoms with E-state index in [0.29, 0.717) is 28.2 Å². The van der Waals surface area contributed by atoms with Crippen LogP contribution in [0.25, 0.3) is 11.2 Å². The summed E-state index contributed by atoms with van der Waals surface area (Å²) in [4.78, 5) is 46.8. The van der Waals surface area contributed by atoms with Gasteiger partial charge in [-0.1, -0.05) is 0 Å². The molecule has 21 heteroatoms. The summed E-state index contributed by atoms with van der Waals surface area (Å²) in [5, 5.41) is 20.9. The van der Waals surface area contributed by atoms with Crippen molar-refractivity contribution >= 4 is 41.2 Å². The van der Waals surface area contributed by atoms with Crippen LogP contribution in [-0.4, -0.2) is 103 Å². The van der Waals surface area contributed by atoms with Crippen LogP contribution in [0.5, 0.6) is 0 Å². The zero-order valence-electron chi connectivity index (χ0n) is 25.4. The van der Waals surface area contributed by atoms with E-state index in [-0.39, 0.29) is 6.42 Å². The normalized spacial score (nSPS) is 27.3. The van der Waals surface area contributed by atoms with Crippen molar-refractivity contribution in [2.75, 3.05) is 32.0 Å². The molecule has 0 amide bonds. The van der Waals surface area contributed by atoms with E-state index in [1.54, 1.807) is 24.5 Å². The predicted octanol–water partition coefficient (Wildman–Crippen LogP) is 0.879. The Morgan fingerprint density at radius 3 is 2.70 bits per heavy atom. The lowest BCUT2D eigenvalue weighted by atomic mass is 10.1. The zero-order valence-corrected chi connectivity index (χ0v) is 27.2. The molecule has 5 rings (SSSR count). The van der Waals surface area contributed by atoms with Gasteiger partial charge in [-0.2, -0.15) is 0 Å². The van der Waals surface area contributed by atoms with Crippen LogP contribution in [0.15, 0.2) is 40.4 Å². The number of carbonyl (C=O) groups excluding carboxylic acids is 1. The van der Waals surface area contributed by atoms with E-state index < -0.39 is 92.4 Å². The number of aliphatic hydroxyl groups excluding tert-OH is 2. The van der Waals surface area contributed by atoms with Crippen molar-refractivity contribution in [2.24, 2.45) is 0 Å². The van der Waals surface area contributed by atoms with E-state index in [0.717, 1.165) is 10.6 Å². The summed E-state index contributed by atoms with van der Waals surface area (Å²) in [7, 11) is 1.28. The van der Waals surface area contributed by atoms with Crippen molar-refractivity contribution in [1.29, 1.82) is 0 Å². The Bertz CT molecular complexity index is 1720. The molecule has 2 saturated heterocycles. The van der Waals surface area contributed by atoms with Crippen molar-refractivity contribution in [2.45, 2.75) is 69.3 Å². The van der Waals surface area contributed by atoms with Crippen LogP contribution in [0.1, 0.15) is 32.7 Å². The van der Waals surface area contributed by atoms with Gasteiger partial charge in [0.15, 0.2) is 17.8 Å². The number of aromatic amines is 1. The van der Waals surface area contributed by atoms with Crippen LogP contribution in [0.4, 0.5) is 10.5 Å². The standard InChI is InChI=1S/C26H35N6O13PS/c1-13(2)42-26(37)40-12-47-46(38,45-21-16(9-33)44-24(22(21)39-3)31-7-5-18(35)30-25(31)36)41-10-17-15(34)8-19(43-17)32-11-29-20-14(27)4-6-28-23(20)32/h4-7,11,13,15-17,19,21-22,24,33-34H,8-10,12H2,1-3H3,(H2,27,28)(H,30,35,36)/t15-,16-,17-,19-,21+,22?,24-,46?/m1/s1. The molecule has 2 aliphatic rings. The number of fused-ring (bicyclic) bond motifs is 1. The first-order valence-electron chi connectivity index (χ1n) is 14.3. The number of pyridine rings is 1. The summed E-state index contributed by atoms with van der Waals surface area (Å²) < 4.78 is 55.9. The molecule has 3 aromatic rings. The van der Waals surface area contributed by atoms with Gasteiger partial charge in [-0.3, -0.25) is 28.0 Å².